The van der Waals surface area contributed by atoms with Gasteiger partial charge in [0.15, 0.2) is 15.6 Å². The molecule has 0 saturated heterocycles. The number of ketones is 1. The van der Waals surface area contributed by atoms with Crippen molar-refractivity contribution in [2.45, 2.75) is 25.2 Å². The van der Waals surface area contributed by atoms with Crippen molar-refractivity contribution in [2.75, 3.05) is 5.75 Å². The lowest BCUT2D eigenvalue weighted by atomic mass is 10.0. The maximum atomic E-state index is 11.8. The van der Waals surface area contributed by atoms with E-state index < -0.39 is 9.84 Å². The SMILES string of the molecule is C#CCS(=O)(=O)c1ccc(C(=O)CC(C)C)cc1. The molecule has 0 bridgehead atoms. The molecule has 0 saturated carbocycles. The van der Waals surface area contributed by atoms with Gasteiger partial charge in [-0.25, -0.2) is 8.42 Å². The lowest BCUT2D eigenvalue weighted by Gasteiger charge is -2.05. The van der Waals surface area contributed by atoms with E-state index >= 15 is 0 Å². The molecule has 0 aliphatic rings. The summed E-state index contributed by atoms with van der Waals surface area (Å²) in [7, 11) is -3.42. The minimum atomic E-state index is -3.42. The summed E-state index contributed by atoms with van der Waals surface area (Å²) in [5.74, 6) is 2.09. The number of sulfone groups is 1. The highest BCUT2D eigenvalue weighted by atomic mass is 32.2. The fourth-order valence-electron chi connectivity index (χ4n) is 1.53. The number of carbonyl (C=O) groups excluding carboxylic acids is 1. The quantitative estimate of drug-likeness (QED) is 0.606. The fourth-order valence-corrected chi connectivity index (χ4v) is 2.47. The monoisotopic (exact) mass is 264 g/mol. The summed E-state index contributed by atoms with van der Waals surface area (Å²) < 4.78 is 23.3. The average molecular weight is 264 g/mol. The highest BCUT2D eigenvalue weighted by molar-refractivity contribution is 7.91. The number of terminal acetylenes is 1. The first kappa shape index (κ1) is 14.5. The molecule has 0 atom stereocenters. The molecule has 1 aromatic carbocycles. The third kappa shape index (κ3) is 3.71. The second kappa shape index (κ2) is 5.83. The largest absolute Gasteiger partial charge is 0.294 e. The smallest absolute Gasteiger partial charge is 0.189 e. The van der Waals surface area contributed by atoms with Crippen LogP contribution in [0.3, 0.4) is 0 Å². The molecule has 1 rings (SSSR count). The predicted octanol–water partition coefficient (Wildman–Crippen LogP) is 2.32. The summed E-state index contributed by atoms with van der Waals surface area (Å²) in [6, 6.07) is 5.93. The molecule has 0 aromatic heterocycles. The van der Waals surface area contributed by atoms with Gasteiger partial charge in [0, 0.05) is 12.0 Å². The van der Waals surface area contributed by atoms with E-state index in [4.69, 9.17) is 6.42 Å². The Morgan fingerprint density at radius 3 is 2.28 bits per heavy atom. The molecule has 1 aromatic rings. The summed E-state index contributed by atoms with van der Waals surface area (Å²) in [6.07, 6.45) is 5.46. The van der Waals surface area contributed by atoms with E-state index in [1.54, 1.807) is 0 Å². The molecule has 0 radical (unpaired) electrons. The molecule has 3 nitrogen and oxygen atoms in total. The Hall–Kier alpha value is -1.60. The van der Waals surface area contributed by atoms with E-state index in [1.807, 2.05) is 13.8 Å². The standard InChI is InChI=1S/C14H16O3S/c1-4-9-18(16,17)13-7-5-12(6-8-13)14(15)10-11(2)3/h1,5-8,11H,9-10H2,2-3H3. The van der Waals surface area contributed by atoms with Gasteiger partial charge in [0.05, 0.1) is 4.90 Å². The van der Waals surface area contributed by atoms with E-state index in [-0.39, 0.29) is 22.3 Å². The van der Waals surface area contributed by atoms with Gasteiger partial charge in [-0.1, -0.05) is 31.9 Å². The average Bonchev–Trinajstić information content (AvgIpc) is 2.28. The van der Waals surface area contributed by atoms with Crippen LogP contribution in [0.1, 0.15) is 30.6 Å². The Bertz CT molecular complexity index is 560. The van der Waals surface area contributed by atoms with E-state index in [2.05, 4.69) is 5.92 Å². The molecule has 96 valence electrons. The molecule has 0 aliphatic heterocycles. The van der Waals surface area contributed by atoms with E-state index in [0.29, 0.717) is 12.0 Å². The summed E-state index contributed by atoms with van der Waals surface area (Å²) in [5, 5.41) is 0. The van der Waals surface area contributed by atoms with Crippen molar-refractivity contribution in [3.05, 3.63) is 29.8 Å². The van der Waals surface area contributed by atoms with Gasteiger partial charge in [-0.2, -0.15) is 0 Å². The van der Waals surface area contributed by atoms with Gasteiger partial charge in [-0.15, -0.1) is 6.42 Å². The van der Waals surface area contributed by atoms with Gasteiger partial charge in [-0.3, -0.25) is 4.79 Å². The van der Waals surface area contributed by atoms with Crippen LogP contribution in [0.25, 0.3) is 0 Å². The third-order valence-electron chi connectivity index (χ3n) is 2.40. The van der Waals surface area contributed by atoms with Gasteiger partial charge in [0.1, 0.15) is 5.75 Å². The Morgan fingerprint density at radius 2 is 1.83 bits per heavy atom. The zero-order valence-electron chi connectivity index (χ0n) is 10.5. The molecule has 0 aliphatic carbocycles. The van der Waals surface area contributed by atoms with Gasteiger partial charge in [-0.05, 0) is 18.1 Å². The van der Waals surface area contributed by atoms with Crippen LogP contribution in [0.5, 0.6) is 0 Å². The minimum Gasteiger partial charge on any atom is -0.294 e. The van der Waals surface area contributed by atoms with Crippen molar-refractivity contribution in [1.29, 1.82) is 0 Å². The van der Waals surface area contributed by atoms with Crippen LogP contribution >= 0.6 is 0 Å². The fraction of sp³-hybridized carbons (Fsp3) is 0.357. The topological polar surface area (TPSA) is 51.2 Å². The van der Waals surface area contributed by atoms with Crippen molar-refractivity contribution >= 4 is 15.6 Å². The van der Waals surface area contributed by atoms with E-state index in [1.165, 1.54) is 24.3 Å². The van der Waals surface area contributed by atoms with Crippen molar-refractivity contribution < 1.29 is 13.2 Å². The Balaban J connectivity index is 2.94. The number of rotatable bonds is 5. The van der Waals surface area contributed by atoms with Crippen molar-refractivity contribution in [1.82, 2.24) is 0 Å². The molecule has 4 heteroatoms. The molecular formula is C14H16O3S. The number of Topliss-reactive ketones (excluding diaryl/α,β-unsaturated/α-hetero) is 1. The zero-order chi connectivity index (χ0) is 13.8. The molecular weight excluding hydrogens is 248 g/mol. The molecule has 0 spiro atoms. The lowest BCUT2D eigenvalue weighted by Crippen LogP contribution is -2.07. The molecule has 0 amide bonds. The molecule has 0 fully saturated rings. The molecule has 0 N–H and O–H groups in total. The van der Waals surface area contributed by atoms with Gasteiger partial charge in [0.25, 0.3) is 0 Å². The van der Waals surface area contributed by atoms with Crippen LogP contribution in [-0.2, 0) is 9.84 Å². The van der Waals surface area contributed by atoms with Crippen LogP contribution in [0, 0.1) is 18.3 Å². The molecule has 0 heterocycles. The van der Waals surface area contributed by atoms with E-state index in [9.17, 15) is 13.2 Å². The minimum absolute atomic E-state index is 0.0193. The Kier molecular flexibility index (Phi) is 4.69. The first-order valence-corrected chi connectivity index (χ1v) is 7.31. The van der Waals surface area contributed by atoms with Crippen molar-refractivity contribution in [3.63, 3.8) is 0 Å². The number of hydrogen-bond donors (Lipinski definition) is 0. The maximum absolute atomic E-state index is 11.8. The van der Waals surface area contributed by atoms with Gasteiger partial charge in [0.2, 0.25) is 0 Å². The Morgan fingerprint density at radius 1 is 1.28 bits per heavy atom. The normalized spacial score (nSPS) is 11.2. The van der Waals surface area contributed by atoms with Gasteiger partial charge >= 0.3 is 0 Å². The van der Waals surface area contributed by atoms with Crippen LogP contribution in [0.4, 0.5) is 0 Å². The molecule has 0 unspecified atom stereocenters. The lowest BCUT2D eigenvalue weighted by molar-refractivity contribution is 0.0968. The van der Waals surface area contributed by atoms with Crippen molar-refractivity contribution in [3.8, 4) is 12.3 Å². The highest BCUT2D eigenvalue weighted by Crippen LogP contribution is 2.15. The second-order valence-electron chi connectivity index (χ2n) is 4.51. The van der Waals surface area contributed by atoms with Crippen LogP contribution in [0.2, 0.25) is 0 Å². The summed E-state index contributed by atoms with van der Waals surface area (Å²) in [5.41, 5.74) is 0.531. The number of hydrogen-bond acceptors (Lipinski definition) is 3. The van der Waals surface area contributed by atoms with Crippen LogP contribution < -0.4 is 0 Å². The first-order chi connectivity index (χ1) is 8.36. The summed E-state index contributed by atoms with van der Waals surface area (Å²) >= 11 is 0. The molecule has 18 heavy (non-hydrogen) atoms. The van der Waals surface area contributed by atoms with E-state index in [0.717, 1.165) is 0 Å². The zero-order valence-corrected chi connectivity index (χ0v) is 11.3. The van der Waals surface area contributed by atoms with Crippen LogP contribution in [0.15, 0.2) is 29.2 Å². The van der Waals surface area contributed by atoms with Gasteiger partial charge < -0.3 is 0 Å². The van der Waals surface area contributed by atoms with Crippen molar-refractivity contribution in [2.24, 2.45) is 5.92 Å². The third-order valence-corrected chi connectivity index (χ3v) is 3.94. The second-order valence-corrected chi connectivity index (χ2v) is 6.50. The first-order valence-electron chi connectivity index (χ1n) is 5.66. The number of benzene rings is 1. The summed E-state index contributed by atoms with van der Waals surface area (Å²) in [4.78, 5) is 11.9. The predicted molar refractivity (Wildman–Crippen MR) is 71.1 cm³/mol. The maximum Gasteiger partial charge on any atom is 0.189 e. The summed E-state index contributed by atoms with van der Waals surface area (Å²) in [6.45, 7) is 3.92. The van der Waals surface area contributed by atoms with Crippen LogP contribution in [-0.4, -0.2) is 20.0 Å². The number of carbonyl (C=O) groups is 1. The highest BCUT2D eigenvalue weighted by Gasteiger charge is 2.14. The Labute approximate surface area is 108 Å².